The van der Waals surface area contributed by atoms with Crippen molar-refractivity contribution >= 4 is 11.6 Å². The van der Waals surface area contributed by atoms with Crippen LogP contribution in [0.25, 0.3) is 0 Å². The van der Waals surface area contributed by atoms with Gasteiger partial charge in [0.15, 0.2) is 0 Å². The number of anilines is 1. The first-order valence-electron chi connectivity index (χ1n) is 7.33. The van der Waals surface area contributed by atoms with Crippen molar-refractivity contribution in [3.8, 4) is 5.75 Å². The van der Waals surface area contributed by atoms with E-state index >= 15 is 0 Å². The molecule has 3 nitrogen and oxygen atoms in total. The van der Waals surface area contributed by atoms with Gasteiger partial charge in [0, 0.05) is 0 Å². The maximum Gasteiger partial charge on any atom is 0.232 e. The van der Waals surface area contributed by atoms with Crippen LogP contribution in [0.15, 0.2) is 42.5 Å². The number of aromatic hydroxyl groups is 1. The van der Waals surface area contributed by atoms with Crippen molar-refractivity contribution in [1.29, 1.82) is 0 Å². The zero-order valence-electron chi connectivity index (χ0n) is 12.1. The molecule has 0 bridgehead atoms. The molecule has 0 saturated heterocycles. The quantitative estimate of drug-likeness (QED) is 0.823. The molecule has 0 saturated carbocycles. The molecule has 1 amide bonds. The van der Waals surface area contributed by atoms with Crippen molar-refractivity contribution in [2.24, 2.45) is 0 Å². The standard InChI is InChI=1S/C18H19NO2/c1-12-9-10-17(20)16(11-12)19-18(21)15-8-4-6-13-5-2-3-7-14(13)15/h2-3,5,7,9-11,15,20H,4,6,8H2,1H3,(H,19,21). The van der Waals surface area contributed by atoms with Crippen LogP contribution in [-0.4, -0.2) is 11.0 Å². The molecular formula is C18H19NO2. The van der Waals surface area contributed by atoms with Crippen LogP contribution in [-0.2, 0) is 11.2 Å². The summed E-state index contributed by atoms with van der Waals surface area (Å²) in [6.45, 7) is 1.94. The Morgan fingerprint density at radius 1 is 1.24 bits per heavy atom. The summed E-state index contributed by atoms with van der Waals surface area (Å²) >= 11 is 0. The van der Waals surface area contributed by atoms with Gasteiger partial charge in [-0.2, -0.15) is 0 Å². The third kappa shape index (κ3) is 2.77. The fourth-order valence-corrected chi connectivity index (χ4v) is 3.00. The normalized spacial score (nSPS) is 17.1. The predicted octanol–water partition coefficient (Wildman–Crippen LogP) is 3.76. The van der Waals surface area contributed by atoms with Gasteiger partial charge in [-0.05, 0) is 55.0 Å². The Morgan fingerprint density at radius 2 is 2.05 bits per heavy atom. The molecule has 108 valence electrons. The molecule has 0 radical (unpaired) electrons. The first-order valence-corrected chi connectivity index (χ1v) is 7.33. The molecule has 2 N–H and O–H groups in total. The van der Waals surface area contributed by atoms with E-state index in [2.05, 4.69) is 11.4 Å². The van der Waals surface area contributed by atoms with Gasteiger partial charge in [0.25, 0.3) is 0 Å². The SMILES string of the molecule is Cc1ccc(O)c(NC(=O)C2CCCc3ccccc32)c1. The molecule has 2 aromatic rings. The summed E-state index contributed by atoms with van der Waals surface area (Å²) in [6.07, 6.45) is 2.92. The summed E-state index contributed by atoms with van der Waals surface area (Å²) in [5, 5.41) is 12.7. The summed E-state index contributed by atoms with van der Waals surface area (Å²) < 4.78 is 0. The molecule has 0 heterocycles. The summed E-state index contributed by atoms with van der Waals surface area (Å²) in [6, 6.07) is 13.4. The lowest BCUT2D eigenvalue weighted by molar-refractivity contribution is -0.117. The van der Waals surface area contributed by atoms with Gasteiger partial charge >= 0.3 is 0 Å². The Morgan fingerprint density at radius 3 is 2.90 bits per heavy atom. The minimum atomic E-state index is -0.130. The van der Waals surface area contributed by atoms with E-state index in [0.717, 1.165) is 30.4 Å². The number of phenols is 1. The van der Waals surface area contributed by atoms with Gasteiger partial charge in [0.1, 0.15) is 5.75 Å². The highest BCUT2D eigenvalue weighted by atomic mass is 16.3. The van der Waals surface area contributed by atoms with Gasteiger partial charge in [-0.3, -0.25) is 4.79 Å². The Kier molecular flexibility index (Phi) is 3.65. The number of aryl methyl sites for hydroxylation is 2. The van der Waals surface area contributed by atoms with E-state index in [4.69, 9.17) is 0 Å². The van der Waals surface area contributed by atoms with Crippen LogP contribution in [0.5, 0.6) is 5.75 Å². The average molecular weight is 281 g/mol. The Balaban J connectivity index is 1.85. The highest BCUT2D eigenvalue weighted by Crippen LogP contribution is 2.33. The third-order valence-corrected chi connectivity index (χ3v) is 4.10. The van der Waals surface area contributed by atoms with E-state index in [1.807, 2.05) is 31.2 Å². The molecule has 0 aromatic heterocycles. The zero-order valence-corrected chi connectivity index (χ0v) is 12.1. The predicted molar refractivity (Wildman–Crippen MR) is 83.6 cm³/mol. The van der Waals surface area contributed by atoms with E-state index in [0.29, 0.717) is 5.69 Å². The Hall–Kier alpha value is -2.29. The number of rotatable bonds is 2. The highest BCUT2D eigenvalue weighted by molar-refractivity contribution is 5.97. The van der Waals surface area contributed by atoms with Gasteiger partial charge < -0.3 is 10.4 Å². The van der Waals surface area contributed by atoms with E-state index in [-0.39, 0.29) is 17.6 Å². The first-order chi connectivity index (χ1) is 10.1. The van der Waals surface area contributed by atoms with Crippen molar-refractivity contribution in [3.63, 3.8) is 0 Å². The van der Waals surface area contributed by atoms with Gasteiger partial charge in [-0.25, -0.2) is 0 Å². The van der Waals surface area contributed by atoms with Crippen molar-refractivity contribution < 1.29 is 9.90 Å². The summed E-state index contributed by atoms with van der Waals surface area (Å²) in [7, 11) is 0. The van der Waals surface area contributed by atoms with Crippen LogP contribution < -0.4 is 5.32 Å². The van der Waals surface area contributed by atoms with E-state index < -0.39 is 0 Å². The fraction of sp³-hybridized carbons (Fsp3) is 0.278. The molecule has 3 heteroatoms. The molecule has 1 aliphatic rings. The van der Waals surface area contributed by atoms with Crippen molar-refractivity contribution in [3.05, 3.63) is 59.2 Å². The molecule has 0 aliphatic heterocycles. The average Bonchev–Trinajstić information content (AvgIpc) is 2.50. The van der Waals surface area contributed by atoms with Crippen LogP contribution in [0.1, 0.15) is 35.4 Å². The number of amides is 1. The minimum Gasteiger partial charge on any atom is -0.506 e. The van der Waals surface area contributed by atoms with Gasteiger partial charge in [-0.1, -0.05) is 30.3 Å². The van der Waals surface area contributed by atoms with Gasteiger partial charge in [0.05, 0.1) is 11.6 Å². The number of carbonyl (C=O) groups is 1. The Labute approximate surface area is 124 Å². The largest absolute Gasteiger partial charge is 0.506 e. The second-order valence-corrected chi connectivity index (χ2v) is 5.65. The number of hydrogen-bond donors (Lipinski definition) is 2. The molecule has 3 rings (SSSR count). The van der Waals surface area contributed by atoms with E-state index in [1.54, 1.807) is 12.1 Å². The van der Waals surface area contributed by atoms with E-state index in [1.165, 1.54) is 5.56 Å². The number of benzene rings is 2. The molecule has 0 spiro atoms. The lowest BCUT2D eigenvalue weighted by atomic mass is 9.82. The lowest BCUT2D eigenvalue weighted by Crippen LogP contribution is -2.24. The minimum absolute atomic E-state index is 0.0388. The molecular weight excluding hydrogens is 262 g/mol. The third-order valence-electron chi connectivity index (χ3n) is 4.10. The highest BCUT2D eigenvalue weighted by Gasteiger charge is 2.26. The topological polar surface area (TPSA) is 49.3 Å². The number of nitrogens with one attached hydrogen (secondary N) is 1. The summed E-state index contributed by atoms with van der Waals surface area (Å²) in [5.74, 6) is -0.0593. The molecule has 1 unspecified atom stereocenters. The number of carbonyl (C=O) groups excluding carboxylic acids is 1. The van der Waals surface area contributed by atoms with Crippen LogP contribution in [0.3, 0.4) is 0 Å². The maximum atomic E-state index is 12.6. The Bertz CT molecular complexity index is 679. The molecule has 1 atom stereocenters. The molecule has 0 fully saturated rings. The second-order valence-electron chi connectivity index (χ2n) is 5.65. The van der Waals surface area contributed by atoms with Crippen LogP contribution in [0.2, 0.25) is 0 Å². The van der Waals surface area contributed by atoms with Crippen LogP contribution in [0, 0.1) is 6.92 Å². The monoisotopic (exact) mass is 281 g/mol. The molecule has 1 aliphatic carbocycles. The van der Waals surface area contributed by atoms with Crippen LogP contribution in [0.4, 0.5) is 5.69 Å². The van der Waals surface area contributed by atoms with Crippen LogP contribution >= 0.6 is 0 Å². The molecule has 2 aromatic carbocycles. The maximum absolute atomic E-state index is 12.6. The van der Waals surface area contributed by atoms with Crippen molar-refractivity contribution in [2.75, 3.05) is 5.32 Å². The number of phenolic OH excluding ortho intramolecular Hbond substituents is 1. The number of fused-ring (bicyclic) bond motifs is 1. The second kappa shape index (κ2) is 5.60. The first kappa shape index (κ1) is 13.7. The zero-order chi connectivity index (χ0) is 14.8. The molecule has 21 heavy (non-hydrogen) atoms. The fourth-order valence-electron chi connectivity index (χ4n) is 3.00. The summed E-state index contributed by atoms with van der Waals surface area (Å²) in [4.78, 5) is 12.6. The lowest BCUT2D eigenvalue weighted by Gasteiger charge is -2.24. The van der Waals surface area contributed by atoms with Gasteiger partial charge in [-0.15, -0.1) is 0 Å². The smallest absolute Gasteiger partial charge is 0.232 e. The van der Waals surface area contributed by atoms with E-state index in [9.17, 15) is 9.90 Å². The van der Waals surface area contributed by atoms with Crippen molar-refractivity contribution in [1.82, 2.24) is 0 Å². The summed E-state index contributed by atoms with van der Waals surface area (Å²) in [5.41, 5.74) is 3.88. The van der Waals surface area contributed by atoms with Gasteiger partial charge in [0.2, 0.25) is 5.91 Å². The number of hydrogen-bond acceptors (Lipinski definition) is 2. The van der Waals surface area contributed by atoms with Crippen molar-refractivity contribution in [2.45, 2.75) is 32.1 Å².